The fraction of sp³-hybridized carbons (Fsp3) is 0.900. The minimum Gasteiger partial charge on any atom is -0.396 e. The summed E-state index contributed by atoms with van der Waals surface area (Å²) >= 11 is 0. The number of rotatable bonds is 6. The molecule has 0 radical (unpaired) electrons. The van der Waals surface area contributed by atoms with Crippen LogP contribution in [-0.2, 0) is 4.79 Å². The summed E-state index contributed by atoms with van der Waals surface area (Å²) in [6.45, 7) is 1.99. The van der Waals surface area contributed by atoms with Gasteiger partial charge in [-0.2, -0.15) is 0 Å². The van der Waals surface area contributed by atoms with E-state index in [-0.39, 0.29) is 12.0 Å². The number of Topliss-reactive ketones (excluding diaryl/α,β-unsaturated/α-hetero) is 1. The number of hydrogen-bond donors (Lipinski definition) is 1. The average molecular weight is 170 g/mol. The molecule has 0 unspecified atom stereocenters. The summed E-state index contributed by atoms with van der Waals surface area (Å²) in [6, 6.07) is 0. The first kappa shape index (κ1) is 9.72. The lowest BCUT2D eigenvalue weighted by Gasteiger charge is -2.09. The van der Waals surface area contributed by atoms with Crippen molar-refractivity contribution in [2.24, 2.45) is 5.41 Å². The Morgan fingerprint density at radius 1 is 1.33 bits per heavy atom. The van der Waals surface area contributed by atoms with Crippen molar-refractivity contribution in [3.63, 3.8) is 0 Å². The van der Waals surface area contributed by atoms with Crippen LogP contribution in [0.15, 0.2) is 0 Å². The number of carbonyl (C=O) groups excluding carboxylic acids is 1. The Labute approximate surface area is 74.0 Å². The molecule has 0 aromatic rings. The van der Waals surface area contributed by atoms with Gasteiger partial charge in [-0.3, -0.25) is 4.79 Å². The number of aliphatic hydroxyl groups excluding tert-OH is 1. The maximum absolute atomic E-state index is 11.1. The van der Waals surface area contributed by atoms with Gasteiger partial charge in [-0.15, -0.1) is 0 Å². The highest BCUT2D eigenvalue weighted by Gasteiger charge is 2.45. The molecule has 0 spiro atoms. The van der Waals surface area contributed by atoms with E-state index >= 15 is 0 Å². The zero-order valence-electron chi connectivity index (χ0n) is 7.81. The van der Waals surface area contributed by atoms with Gasteiger partial charge in [0, 0.05) is 12.0 Å². The van der Waals surface area contributed by atoms with Crippen molar-refractivity contribution in [2.75, 3.05) is 6.61 Å². The van der Waals surface area contributed by atoms with Crippen molar-refractivity contribution < 1.29 is 9.90 Å². The fourth-order valence-electron chi connectivity index (χ4n) is 1.68. The van der Waals surface area contributed by atoms with Crippen molar-refractivity contribution in [1.82, 2.24) is 0 Å². The predicted molar refractivity (Wildman–Crippen MR) is 47.9 cm³/mol. The van der Waals surface area contributed by atoms with E-state index in [2.05, 4.69) is 0 Å². The molecule has 0 heterocycles. The van der Waals surface area contributed by atoms with Gasteiger partial charge < -0.3 is 5.11 Å². The third-order valence-corrected chi connectivity index (χ3v) is 2.91. The van der Waals surface area contributed by atoms with Crippen LogP contribution in [0.4, 0.5) is 0 Å². The summed E-state index contributed by atoms with van der Waals surface area (Å²) in [7, 11) is 0. The minimum atomic E-state index is 0.0788. The van der Waals surface area contributed by atoms with Crippen LogP contribution in [0.1, 0.15) is 45.4 Å². The van der Waals surface area contributed by atoms with Crippen LogP contribution in [0.2, 0.25) is 0 Å². The zero-order valence-corrected chi connectivity index (χ0v) is 7.81. The van der Waals surface area contributed by atoms with Crippen LogP contribution >= 0.6 is 0 Å². The summed E-state index contributed by atoms with van der Waals surface area (Å²) in [5, 5.41) is 8.55. The standard InChI is InChI=1S/C10H18O2/c1-9(12)10(6-7-10)5-3-2-4-8-11/h11H,2-8H2,1H3. The molecule has 0 bridgehead atoms. The first-order valence-corrected chi connectivity index (χ1v) is 4.83. The summed E-state index contributed by atoms with van der Waals surface area (Å²) in [5.74, 6) is 0.367. The molecule has 1 aliphatic rings. The topological polar surface area (TPSA) is 37.3 Å². The van der Waals surface area contributed by atoms with Crippen molar-refractivity contribution >= 4 is 5.78 Å². The van der Waals surface area contributed by atoms with Gasteiger partial charge in [0.1, 0.15) is 5.78 Å². The van der Waals surface area contributed by atoms with Crippen LogP contribution in [0.5, 0.6) is 0 Å². The summed E-state index contributed by atoms with van der Waals surface area (Å²) in [5.41, 5.74) is 0.0788. The van der Waals surface area contributed by atoms with Gasteiger partial charge in [0.25, 0.3) is 0 Å². The maximum atomic E-state index is 11.1. The van der Waals surface area contributed by atoms with Crippen LogP contribution in [0.3, 0.4) is 0 Å². The quantitative estimate of drug-likeness (QED) is 0.618. The number of aliphatic hydroxyl groups is 1. The lowest BCUT2D eigenvalue weighted by molar-refractivity contribution is -0.122. The molecule has 1 rings (SSSR count). The highest BCUT2D eigenvalue weighted by Crippen LogP contribution is 2.50. The van der Waals surface area contributed by atoms with Gasteiger partial charge >= 0.3 is 0 Å². The van der Waals surface area contributed by atoms with Crippen LogP contribution in [-0.4, -0.2) is 17.5 Å². The number of carbonyl (C=O) groups is 1. The van der Waals surface area contributed by atoms with E-state index in [0.29, 0.717) is 5.78 Å². The largest absolute Gasteiger partial charge is 0.396 e. The summed E-state index contributed by atoms with van der Waals surface area (Å²) in [6.07, 6.45) is 6.28. The molecule has 0 amide bonds. The Kier molecular flexibility index (Phi) is 3.27. The molecule has 0 aromatic heterocycles. The Hall–Kier alpha value is -0.370. The molecule has 1 aliphatic carbocycles. The molecule has 70 valence electrons. The number of ketones is 1. The van der Waals surface area contributed by atoms with Crippen molar-refractivity contribution in [3.8, 4) is 0 Å². The molecule has 12 heavy (non-hydrogen) atoms. The van der Waals surface area contributed by atoms with E-state index in [0.717, 1.165) is 38.5 Å². The lowest BCUT2D eigenvalue weighted by Crippen LogP contribution is -2.11. The Bertz CT molecular complexity index is 159. The second-order valence-corrected chi connectivity index (χ2v) is 3.87. The van der Waals surface area contributed by atoms with Gasteiger partial charge in [-0.25, -0.2) is 0 Å². The van der Waals surface area contributed by atoms with E-state index in [1.807, 2.05) is 0 Å². The molecule has 1 saturated carbocycles. The van der Waals surface area contributed by atoms with E-state index in [9.17, 15) is 4.79 Å². The first-order chi connectivity index (χ1) is 5.71. The van der Waals surface area contributed by atoms with E-state index in [1.54, 1.807) is 6.92 Å². The third-order valence-electron chi connectivity index (χ3n) is 2.91. The summed E-state index contributed by atoms with van der Waals surface area (Å²) < 4.78 is 0. The van der Waals surface area contributed by atoms with E-state index < -0.39 is 0 Å². The number of unbranched alkanes of at least 4 members (excludes halogenated alkanes) is 2. The zero-order chi connectivity index (χ0) is 9.03. The molecular weight excluding hydrogens is 152 g/mol. The molecule has 2 nitrogen and oxygen atoms in total. The van der Waals surface area contributed by atoms with Crippen LogP contribution in [0, 0.1) is 5.41 Å². The molecular formula is C10H18O2. The van der Waals surface area contributed by atoms with Crippen molar-refractivity contribution in [3.05, 3.63) is 0 Å². The average Bonchev–Trinajstić information content (AvgIpc) is 2.79. The minimum absolute atomic E-state index is 0.0788. The highest BCUT2D eigenvalue weighted by molar-refractivity contribution is 5.84. The van der Waals surface area contributed by atoms with Crippen LogP contribution in [0.25, 0.3) is 0 Å². The Morgan fingerprint density at radius 2 is 2.00 bits per heavy atom. The highest BCUT2D eigenvalue weighted by atomic mass is 16.2. The molecule has 0 aromatic carbocycles. The second-order valence-electron chi connectivity index (χ2n) is 3.87. The van der Waals surface area contributed by atoms with Gasteiger partial charge in [0.15, 0.2) is 0 Å². The van der Waals surface area contributed by atoms with Crippen LogP contribution < -0.4 is 0 Å². The normalized spacial score (nSPS) is 19.2. The SMILES string of the molecule is CC(=O)C1(CCCCCO)CC1. The molecule has 0 saturated heterocycles. The van der Waals surface area contributed by atoms with Gasteiger partial charge in [-0.05, 0) is 32.6 Å². The Balaban J connectivity index is 2.10. The molecule has 0 atom stereocenters. The maximum Gasteiger partial charge on any atom is 0.135 e. The smallest absolute Gasteiger partial charge is 0.135 e. The predicted octanol–water partition coefficient (Wildman–Crippen LogP) is 1.91. The Morgan fingerprint density at radius 3 is 2.42 bits per heavy atom. The molecule has 2 heteroatoms. The molecule has 1 fully saturated rings. The van der Waals surface area contributed by atoms with Crippen molar-refractivity contribution in [2.45, 2.75) is 45.4 Å². The van der Waals surface area contributed by atoms with Gasteiger partial charge in [0.2, 0.25) is 0 Å². The van der Waals surface area contributed by atoms with Crippen molar-refractivity contribution in [1.29, 1.82) is 0 Å². The summed E-state index contributed by atoms with van der Waals surface area (Å²) in [4.78, 5) is 11.1. The first-order valence-electron chi connectivity index (χ1n) is 4.83. The molecule has 0 aliphatic heterocycles. The second kappa shape index (κ2) is 4.04. The third kappa shape index (κ3) is 2.31. The lowest BCUT2D eigenvalue weighted by atomic mass is 9.94. The monoisotopic (exact) mass is 170 g/mol. The van der Waals surface area contributed by atoms with Gasteiger partial charge in [0.05, 0.1) is 0 Å². The van der Waals surface area contributed by atoms with E-state index in [1.165, 1.54) is 0 Å². The van der Waals surface area contributed by atoms with E-state index in [4.69, 9.17) is 5.11 Å². The molecule has 1 N–H and O–H groups in total. The number of hydrogen-bond acceptors (Lipinski definition) is 2. The van der Waals surface area contributed by atoms with Gasteiger partial charge in [-0.1, -0.05) is 12.8 Å². The fourth-order valence-corrected chi connectivity index (χ4v) is 1.68.